The summed E-state index contributed by atoms with van der Waals surface area (Å²) in [6.45, 7) is 7.73. The minimum absolute atomic E-state index is 0.190. The number of methoxy groups -OCH3 is 3. The van der Waals surface area contributed by atoms with Crippen LogP contribution < -0.4 is 25.0 Å². The molecule has 0 bridgehead atoms. The summed E-state index contributed by atoms with van der Waals surface area (Å²) in [7, 11) is 4.44. The molecule has 2 N–H and O–H groups in total. The van der Waals surface area contributed by atoms with E-state index in [0.717, 1.165) is 10.9 Å². The van der Waals surface area contributed by atoms with E-state index in [1.807, 2.05) is 35.0 Å². The van der Waals surface area contributed by atoms with E-state index in [1.165, 1.54) is 26.3 Å². The van der Waals surface area contributed by atoms with Crippen LogP contribution in [0.5, 0.6) is 17.2 Å². The summed E-state index contributed by atoms with van der Waals surface area (Å²) in [5.74, 6) is 0.00910. The van der Waals surface area contributed by atoms with Crippen molar-refractivity contribution < 1.29 is 38.1 Å². The molecule has 2 heterocycles. The molecule has 1 aromatic heterocycles. The Labute approximate surface area is 255 Å². The van der Waals surface area contributed by atoms with Crippen molar-refractivity contribution in [2.45, 2.75) is 52.3 Å². The Morgan fingerprint density at radius 1 is 1.02 bits per heavy atom. The van der Waals surface area contributed by atoms with Gasteiger partial charge in [-0.2, -0.15) is 0 Å². The Hall–Kier alpha value is -4.84. The molecule has 2 aromatic carbocycles. The van der Waals surface area contributed by atoms with Gasteiger partial charge < -0.3 is 28.3 Å². The highest BCUT2D eigenvalue weighted by atomic mass is 16.6. The van der Waals surface area contributed by atoms with E-state index in [-0.39, 0.29) is 11.1 Å². The summed E-state index contributed by atoms with van der Waals surface area (Å²) in [5.41, 5.74) is 4.59. The standard InChI is InChI=1S/C32H38N4O8/c1-19(18-37)36(31(40)44-32(2,3)4)33-13-10-14-35-17-22(21-11-8-9-12-23(21)35)27-26(29(38)34-30(27)39)20-15-24(41-5)28(43-7)25(16-20)42-6/h8-9,11-12,15-19,33H,10,13-14H2,1-7H3,(H,34,38,39). The van der Waals surface area contributed by atoms with Gasteiger partial charge in [-0.1, -0.05) is 18.2 Å². The molecule has 0 saturated heterocycles. The highest BCUT2D eigenvalue weighted by Gasteiger charge is 2.35. The van der Waals surface area contributed by atoms with E-state index in [0.29, 0.717) is 54.2 Å². The first-order chi connectivity index (χ1) is 20.9. The third-order valence-corrected chi connectivity index (χ3v) is 6.99. The van der Waals surface area contributed by atoms with Crippen LogP contribution in [0.25, 0.3) is 22.0 Å². The number of imide groups is 1. The predicted octanol–water partition coefficient (Wildman–Crippen LogP) is 3.95. The number of para-hydroxylation sites is 1. The van der Waals surface area contributed by atoms with E-state index in [1.54, 1.807) is 39.8 Å². The second-order valence-corrected chi connectivity index (χ2v) is 11.2. The van der Waals surface area contributed by atoms with Crippen molar-refractivity contribution in [2.24, 2.45) is 0 Å². The quantitative estimate of drug-likeness (QED) is 0.136. The molecule has 1 unspecified atom stereocenters. The summed E-state index contributed by atoms with van der Waals surface area (Å²) in [4.78, 5) is 50.6. The zero-order valence-corrected chi connectivity index (χ0v) is 26.0. The number of rotatable bonds is 12. The van der Waals surface area contributed by atoms with E-state index < -0.39 is 29.6 Å². The molecule has 3 aromatic rings. The first kappa shape index (κ1) is 32.1. The highest BCUT2D eigenvalue weighted by Crippen LogP contribution is 2.43. The highest BCUT2D eigenvalue weighted by molar-refractivity contribution is 6.50. The zero-order valence-electron chi connectivity index (χ0n) is 26.0. The van der Waals surface area contributed by atoms with Gasteiger partial charge >= 0.3 is 6.09 Å². The Balaban J connectivity index is 1.67. The minimum Gasteiger partial charge on any atom is -0.493 e. The van der Waals surface area contributed by atoms with Crippen molar-refractivity contribution >= 4 is 46.2 Å². The van der Waals surface area contributed by atoms with Gasteiger partial charge in [0.05, 0.1) is 32.5 Å². The summed E-state index contributed by atoms with van der Waals surface area (Å²) in [6.07, 6.45) is 2.42. The summed E-state index contributed by atoms with van der Waals surface area (Å²) in [5, 5.41) is 4.41. The largest absolute Gasteiger partial charge is 0.493 e. The van der Waals surface area contributed by atoms with Crippen LogP contribution in [0.15, 0.2) is 42.6 Å². The van der Waals surface area contributed by atoms with Crippen LogP contribution >= 0.6 is 0 Å². The first-order valence-electron chi connectivity index (χ1n) is 14.1. The molecule has 0 aliphatic carbocycles. The third-order valence-electron chi connectivity index (χ3n) is 6.99. The van der Waals surface area contributed by atoms with Crippen molar-refractivity contribution in [3.8, 4) is 17.2 Å². The number of ether oxygens (including phenoxy) is 4. The van der Waals surface area contributed by atoms with Crippen molar-refractivity contribution in [1.29, 1.82) is 0 Å². The molecule has 12 heteroatoms. The second-order valence-electron chi connectivity index (χ2n) is 11.2. The molecule has 234 valence electrons. The molecule has 12 nitrogen and oxygen atoms in total. The molecule has 0 spiro atoms. The van der Waals surface area contributed by atoms with Crippen molar-refractivity contribution in [1.82, 2.24) is 20.3 Å². The van der Waals surface area contributed by atoms with Crippen LogP contribution in [-0.2, 0) is 25.7 Å². The normalized spacial score (nSPS) is 14.0. The number of aldehydes is 1. The molecule has 44 heavy (non-hydrogen) atoms. The van der Waals surface area contributed by atoms with E-state index in [9.17, 15) is 19.2 Å². The van der Waals surface area contributed by atoms with Crippen LogP contribution in [-0.4, -0.2) is 73.3 Å². The summed E-state index contributed by atoms with van der Waals surface area (Å²) in [6, 6.07) is 10.1. The summed E-state index contributed by atoms with van der Waals surface area (Å²) < 4.78 is 23.8. The Bertz CT molecular complexity index is 1590. The van der Waals surface area contributed by atoms with Gasteiger partial charge in [-0.3, -0.25) is 14.9 Å². The van der Waals surface area contributed by atoms with Gasteiger partial charge in [-0.05, 0) is 57.9 Å². The molecule has 0 radical (unpaired) electrons. The van der Waals surface area contributed by atoms with E-state index >= 15 is 0 Å². The van der Waals surface area contributed by atoms with Crippen molar-refractivity contribution in [3.05, 3.63) is 53.7 Å². The molecule has 1 atom stereocenters. The zero-order chi connectivity index (χ0) is 32.2. The number of amides is 3. The number of benzene rings is 2. The van der Waals surface area contributed by atoms with Crippen molar-refractivity contribution in [2.75, 3.05) is 27.9 Å². The fourth-order valence-electron chi connectivity index (χ4n) is 5.04. The molecule has 1 aliphatic rings. The van der Waals surface area contributed by atoms with Crippen LogP contribution in [0.4, 0.5) is 4.79 Å². The average molecular weight is 607 g/mol. The van der Waals surface area contributed by atoms with Gasteiger partial charge in [-0.25, -0.2) is 15.2 Å². The number of fused-ring (bicyclic) bond motifs is 1. The molecule has 0 fully saturated rings. The monoisotopic (exact) mass is 606 g/mol. The van der Waals surface area contributed by atoms with Crippen LogP contribution in [0.1, 0.15) is 45.2 Å². The lowest BCUT2D eigenvalue weighted by Gasteiger charge is -2.29. The number of aromatic nitrogens is 1. The summed E-state index contributed by atoms with van der Waals surface area (Å²) >= 11 is 0. The fraction of sp³-hybridized carbons (Fsp3) is 0.375. The van der Waals surface area contributed by atoms with Crippen LogP contribution in [0.2, 0.25) is 0 Å². The van der Waals surface area contributed by atoms with Gasteiger partial charge in [-0.15, -0.1) is 0 Å². The fourth-order valence-corrected chi connectivity index (χ4v) is 5.04. The maximum Gasteiger partial charge on any atom is 0.425 e. The number of nitrogens with one attached hydrogen (secondary N) is 2. The van der Waals surface area contributed by atoms with Gasteiger partial charge in [0.15, 0.2) is 11.5 Å². The van der Waals surface area contributed by atoms with Gasteiger partial charge in [0.2, 0.25) is 5.75 Å². The Kier molecular flexibility index (Phi) is 9.63. The lowest BCUT2D eigenvalue weighted by molar-refractivity contribution is -0.122. The Morgan fingerprint density at radius 2 is 1.66 bits per heavy atom. The number of carbonyl (C=O) groups is 4. The van der Waals surface area contributed by atoms with E-state index in [2.05, 4.69) is 10.7 Å². The number of aryl methyl sites for hydroxylation is 1. The van der Waals surface area contributed by atoms with Crippen LogP contribution in [0.3, 0.4) is 0 Å². The minimum atomic E-state index is -0.733. The second kappa shape index (κ2) is 13.2. The average Bonchev–Trinajstić information content (AvgIpc) is 3.50. The number of nitrogens with zero attached hydrogens (tertiary/aromatic N) is 2. The number of hydrogen-bond acceptors (Lipinski definition) is 9. The lowest BCUT2D eigenvalue weighted by atomic mass is 9.95. The SMILES string of the molecule is COc1cc(C2=C(c3cn(CCCNN(C(=O)OC(C)(C)C)C(C)C=O)c4ccccc34)C(=O)NC2=O)cc(OC)c1OC. The van der Waals surface area contributed by atoms with Crippen molar-refractivity contribution in [3.63, 3.8) is 0 Å². The lowest BCUT2D eigenvalue weighted by Crippen LogP contribution is -2.51. The Morgan fingerprint density at radius 3 is 2.25 bits per heavy atom. The van der Waals surface area contributed by atoms with Gasteiger partial charge in [0, 0.05) is 35.8 Å². The molecule has 3 amide bonds. The number of hydrazine groups is 1. The molecule has 1 aliphatic heterocycles. The third kappa shape index (κ3) is 6.55. The molecule has 4 rings (SSSR count). The molecule has 0 saturated carbocycles. The van der Waals surface area contributed by atoms with E-state index in [4.69, 9.17) is 18.9 Å². The molecular weight excluding hydrogens is 568 g/mol. The number of carbonyl (C=O) groups excluding carboxylic acids is 4. The van der Waals surface area contributed by atoms with Gasteiger partial charge in [0.25, 0.3) is 11.8 Å². The van der Waals surface area contributed by atoms with Gasteiger partial charge in [0.1, 0.15) is 17.9 Å². The topological polar surface area (TPSA) is 137 Å². The maximum atomic E-state index is 13.3. The van der Waals surface area contributed by atoms with Crippen LogP contribution in [0, 0.1) is 0 Å². The predicted molar refractivity (Wildman–Crippen MR) is 164 cm³/mol. The maximum absolute atomic E-state index is 13.3. The smallest absolute Gasteiger partial charge is 0.425 e. The molecular formula is C32H38N4O8. The first-order valence-corrected chi connectivity index (χ1v) is 14.1. The number of hydrogen-bond donors (Lipinski definition) is 2.